The zero-order valence-electron chi connectivity index (χ0n) is 11.0. The minimum absolute atomic E-state index is 0.126. The van der Waals surface area contributed by atoms with Crippen molar-refractivity contribution in [3.63, 3.8) is 0 Å². The van der Waals surface area contributed by atoms with E-state index in [1.54, 1.807) is 12.1 Å². The average molecular weight is 254 g/mol. The molecule has 0 heterocycles. The molecule has 1 aromatic rings. The highest BCUT2D eigenvalue weighted by molar-refractivity contribution is 5.55. The van der Waals surface area contributed by atoms with Crippen LogP contribution in [0.4, 0.5) is 5.69 Å². The molecule has 0 amide bonds. The van der Waals surface area contributed by atoms with E-state index in [4.69, 9.17) is 15.3 Å². The molecular formula is C13H22N2O3. The fraction of sp³-hybridized carbons (Fsp3) is 0.538. The molecule has 0 bridgehead atoms. The highest BCUT2D eigenvalue weighted by Gasteiger charge is 2.04. The fourth-order valence-corrected chi connectivity index (χ4v) is 1.53. The smallest absolute Gasteiger partial charge is 0.140 e. The van der Waals surface area contributed by atoms with Gasteiger partial charge in [-0.3, -0.25) is 5.84 Å². The standard InChI is InChI=1S/C13H22N2O3/c1-3-17-7-10(2)8-18-9-11-4-5-12(15-14)13(16)6-11/h4-6,10,15-16H,3,7-9,14H2,1-2H3. The molecule has 102 valence electrons. The molecule has 0 saturated heterocycles. The molecule has 1 atom stereocenters. The van der Waals surface area contributed by atoms with E-state index in [0.29, 0.717) is 31.4 Å². The van der Waals surface area contributed by atoms with Gasteiger partial charge in [-0.1, -0.05) is 13.0 Å². The van der Waals surface area contributed by atoms with Gasteiger partial charge < -0.3 is 20.0 Å². The third-order valence-electron chi connectivity index (χ3n) is 2.50. The SMILES string of the molecule is CCOCC(C)COCc1ccc(NN)c(O)c1. The van der Waals surface area contributed by atoms with Crippen LogP contribution >= 0.6 is 0 Å². The lowest BCUT2D eigenvalue weighted by Crippen LogP contribution is -2.12. The second-order valence-electron chi connectivity index (χ2n) is 4.28. The van der Waals surface area contributed by atoms with Crippen molar-refractivity contribution in [2.24, 2.45) is 11.8 Å². The molecule has 4 N–H and O–H groups in total. The van der Waals surface area contributed by atoms with Crippen LogP contribution < -0.4 is 11.3 Å². The number of nitrogen functional groups attached to an aromatic ring is 1. The number of benzene rings is 1. The third-order valence-corrected chi connectivity index (χ3v) is 2.50. The second kappa shape index (κ2) is 7.92. The van der Waals surface area contributed by atoms with Crippen molar-refractivity contribution in [2.75, 3.05) is 25.2 Å². The summed E-state index contributed by atoms with van der Waals surface area (Å²) in [5.74, 6) is 5.72. The normalized spacial score (nSPS) is 12.4. The minimum Gasteiger partial charge on any atom is -0.506 e. The maximum absolute atomic E-state index is 9.60. The number of rotatable bonds is 8. The van der Waals surface area contributed by atoms with Crippen LogP contribution in [0.15, 0.2) is 18.2 Å². The molecular weight excluding hydrogens is 232 g/mol. The fourth-order valence-electron chi connectivity index (χ4n) is 1.53. The van der Waals surface area contributed by atoms with Crippen LogP contribution in [0.2, 0.25) is 0 Å². The number of aromatic hydroxyl groups is 1. The largest absolute Gasteiger partial charge is 0.506 e. The van der Waals surface area contributed by atoms with Gasteiger partial charge in [0.05, 0.1) is 25.5 Å². The number of nitrogens with two attached hydrogens (primary N) is 1. The summed E-state index contributed by atoms with van der Waals surface area (Å²) < 4.78 is 10.9. The first kappa shape index (κ1) is 14.8. The highest BCUT2D eigenvalue weighted by Crippen LogP contribution is 2.23. The van der Waals surface area contributed by atoms with Gasteiger partial charge in [0.2, 0.25) is 0 Å². The van der Waals surface area contributed by atoms with Crippen molar-refractivity contribution in [1.82, 2.24) is 0 Å². The molecule has 0 saturated carbocycles. The molecule has 0 aliphatic carbocycles. The molecule has 1 rings (SSSR count). The summed E-state index contributed by atoms with van der Waals surface area (Å²) in [5, 5.41) is 9.60. The van der Waals surface area contributed by atoms with Crippen molar-refractivity contribution in [1.29, 1.82) is 0 Å². The minimum atomic E-state index is 0.126. The summed E-state index contributed by atoms with van der Waals surface area (Å²) in [6.07, 6.45) is 0. The van der Waals surface area contributed by atoms with Gasteiger partial charge in [-0.2, -0.15) is 0 Å². The van der Waals surface area contributed by atoms with Crippen molar-refractivity contribution in [3.8, 4) is 5.75 Å². The van der Waals surface area contributed by atoms with Gasteiger partial charge in [0.1, 0.15) is 5.75 Å². The van der Waals surface area contributed by atoms with E-state index in [9.17, 15) is 5.11 Å². The van der Waals surface area contributed by atoms with E-state index >= 15 is 0 Å². The Morgan fingerprint density at radius 2 is 2.06 bits per heavy atom. The summed E-state index contributed by atoms with van der Waals surface area (Å²) in [4.78, 5) is 0. The lowest BCUT2D eigenvalue weighted by atomic mass is 10.2. The summed E-state index contributed by atoms with van der Waals surface area (Å²) in [5.41, 5.74) is 3.83. The predicted octanol–water partition coefficient (Wildman–Crippen LogP) is 1.87. The van der Waals surface area contributed by atoms with Crippen LogP contribution in [-0.4, -0.2) is 24.9 Å². The first-order chi connectivity index (χ1) is 8.67. The van der Waals surface area contributed by atoms with E-state index < -0.39 is 0 Å². The zero-order chi connectivity index (χ0) is 13.4. The van der Waals surface area contributed by atoms with Crippen LogP contribution in [-0.2, 0) is 16.1 Å². The van der Waals surface area contributed by atoms with Crippen molar-refractivity contribution >= 4 is 5.69 Å². The quantitative estimate of drug-likeness (QED) is 0.375. The van der Waals surface area contributed by atoms with Crippen LogP contribution in [0.25, 0.3) is 0 Å². The number of phenols is 1. The lowest BCUT2D eigenvalue weighted by molar-refractivity contribution is 0.0433. The van der Waals surface area contributed by atoms with E-state index in [0.717, 1.165) is 12.2 Å². The maximum atomic E-state index is 9.60. The molecule has 0 fully saturated rings. The van der Waals surface area contributed by atoms with E-state index in [1.165, 1.54) is 0 Å². The molecule has 1 unspecified atom stereocenters. The Morgan fingerprint density at radius 3 is 2.67 bits per heavy atom. The first-order valence-electron chi connectivity index (χ1n) is 6.11. The highest BCUT2D eigenvalue weighted by atomic mass is 16.5. The Bertz CT molecular complexity index is 358. The molecule has 0 aliphatic heterocycles. The topological polar surface area (TPSA) is 76.7 Å². The molecule has 18 heavy (non-hydrogen) atoms. The lowest BCUT2D eigenvalue weighted by Gasteiger charge is -2.12. The number of hydrogen-bond acceptors (Lipinski definition) is 5. The monoisotopic (exact) mass is 254 g/mol. The van der Waals surface area contributed by atoms with Crippen molar-refractivity contribution in [3.05, 3.63) is 23.8 Å². The van der Waals surface area contributed by atoms with Gasteiger partial charge in [-0.05, 0) is 24.6 Å². The molecule has 0 aliphatic rings. The maximum Gasteiger partial charge on any atom is 0.140 e. The van der Waals surface area contributed by atoms with Gasteiger partial charge in [0.15, 0.2) is 0 Å². The number of ether oxygens (including phenoxy) is 2. The van der Waals surface area contributed by atoms with E-state index in [2.05, 4.69) is 12.3 Å². The van der Waals surface area contributed by atoms with Gasteiger partial charge in [0.25, 0.3) is 0 Å². The molecule has 0 aromatic heterocycles. The summed E-state index contributed by atoms with van der Waals surface area (Å²) >= 11 is 0. The van der Waals surface area contributed by atoms with Crippen molar-refractivity contribution < 1.29 is 14.6 Å². The Morgan fingerprint density at radius 1 is 1.33 bits per heavy atom. The Labute approximate surface area is 108 Å². The van der Waals surface area contributed by atoms with Gasteiger partial charge in [-0.15, -0.1) is 0 Å². The third kappa shape index (κ3) is 4.91. The number of anilines is 1. The average Bonchev–Trinajstić information content (AvgIpc) is 2.36. The Hall–Kier alpha value is -1.30. The zero-order valence-corrected chi connectivity index (χ0v) is 11.0. The molecule has 0 spiro atoms. The molecule has 5 nitrogen and oxygen atoms in total. The van der Waals surface area contributed by atoms with E-state index in [-0.39, 0.29) is 5.75 Å². The number of nitrogens with one attached hydrogen (secondary N) is 1. The predicted molar refractivity (Wildman–Crippen MR) is 71.2 cm³/mol. The first-order valence-corrected chi connectivity index (χ1v) is 6.11. The van der Waals surface area contributed by atoms with Gasteiger partial charge in [0, 0.05) is 12.5 Å². The number of phenolic OH excluding ortho intramolecular Hbond substituents is 1. The number of hydrazine groups is 1. The van der Waals surface area contributed by atoms with Gasteiger partial charge >= 0.3 is 0 Å². The molecule has 0 radical (unpaired) electrons. The van der Waals surface area contributed by atoms with Crippen molar-refractivity contribution in [2.45, 2.75) is 20.5 Å². The van der Waals surface area contributed by atoms with Crippen LogP contribution in [0.1, 0.15) is 19.4 Å². The summed E-state index contributed by atoms with van der Waals surface area (Å²) in [7, 11) is 0. The van der Waals surface area contributed by atoms with Gasteiger partial charge in [-0.25, -0.2) is 0 Å². The number of hydrogen-bond donors (Lipinski definition) is 3. The van der Waals surface area contributed by atoms with E-state index in [1.807, 2.05) is 13.0 Å². The summed E-state index contributed by atoms with van der Waals surface area (Å²) in [6, 6.07) is 5.22. The second-order valence-corrected chi connectivity index (χ2v) is 4.28. The summed E-state index contributed by atoms with van der Waals surface area (Å²) in [6.45, 7) is 6.59. The van der Waals surface area contributed by atoms with Crippen LogP contribution in [0.3, 0.4) is 0 Å². The molecule has 1 aromatic carbocycles. The Kier molecular flexibility index (Phi) is 6.49. The van der Waals surface area contributed by atoms with Crippen LogP contribution in [0.5, 0.6) is 5.75 Å². The molecule has 5 heteroatoms. The Balaban J connectivity index is 2.33. The van der Waals surface area contributed by atoms with Crippen LogP contribution in [0, 0.1) is 5.92 Å².